The quantitative estimate of drug-likeness (QED) is 0.347. The molecule has 0 bridgehead atoms. The van der Waals surface area contributed by atoms with E-state index < -0.39 is 22.3 Å². The summed E-state index contributed by atoms with van der Waals surface area (Å²) in [6.07, 6.45) is 2.96. The normalized spacial score (nSPS) is 18.7. The zero-order valence-electron chi connectivity index (χ0n) is 20.2. The molecule has 1 heterocycles. The fourth-order valence-corrected chi connectivity index (χ4v) is 4.78. The van der Waals surface area contributed by atoms with E-state index in [1.54, 1.807) is 18.2 Å². The Balaban J connectivity index is 2.08. The summed E-state index contributed by atoms with van der Waals surface area (Å²) in [5.74, 6) is -0.0223. The lowest BCUT2D eigenvalue weighted by molar-refractivity contribution is -0.165. The van der Waals surface area contributed by atoms with Gasteiger partial charge >= 0.3 is 5.97 Å². The molecule has 34 heavy (non-hydrogen) atoms. The number of hydrogen-bond donors (Lipinski definition) is 1. The van der Waals surface area contributed by atoms with Gasteiger partial charge in [0.15, 0.2) is 0 Å². The van der Waals surface area contributed by atoms with Crippen LogP contribution in [0.4, 0.5) is 0 Å². The minimum atomic E-state index is -3.86. The number of esters is 1. The predicted octanol–water partition coefficient (Wildman–Crippen LogP) is 2.72. The van der Waals surface area contributed by atoms with Crippen LogP contribution in [0.3, 0.4) is 0 Å². The molecule has 0 amide bonds. The summed E-state index contributed by atoms with van der Waals surface area (Å²) in [5.41, 5.74) is -0.157. The van der Waals surface area contributed by atoms with E-state index in [2.05, 4.69) is 6.58 Å². The highest BCUT2D eigenvalue weighted by molar-refractivity contribution is 7.89. The van der Waals surface area contributed by atoms with Gasteiger partial charge in [0.2, 0.25) is 22.1 Å². The molecule has 0 aliphatic carbocycles. The summed E-state index contributed by atoms with van der Waals surface area (Å²) in [7, 11) is -2.36. The van der Waals surface area contributed by atoms with Crippen molar-refractivity contribution < 1.29 is 37.3 Å². The van der Waals surface area contributed by atoms with Gasteiger partial charge in [0, 0.05) is 19.5 Å². The van der Waals surface area contributed by atoms with E-state index in [0.29, 0.717) is 12.2 Å². The van der Waals surface area contributed by atoms with Crippen molar-refractivity contribution in [2.45, 2.75) is 38.4 Å². The highest BCUT2D eigenvalue weighted by Crippen LogP contribution is 2.36. The number of aliphatic hydroxyl groups excluding tert-OH is 1. The van der Waals surface area contributed by atoms with Gasteiger partial charge in [-0.1, -0.05) is 33.4 Å². The SMILES string of the molecule is C=CCOC(=O)C1=C[C@H](C(C)(C)C)C[C@H](OCCN(CCO)S(=O)(=O)c2ccc(OC)cc2)O1. The Bertz CT molecular complexity index is 950. The van der Waals surface area contributed by atoms with Gasteiger partial charge in [0.25, 0.3) is 0 Å². The van der Waals surface area contributed by atoms with Crippen molar-refractivity contribution in [1.82, 2.24) is 4.31 Å². The molecular formula is C24H35NO8S. The molecule has 9 nitrogen and oxygen atoms in total. The van der Waals surface area contributed by atoms with Gasteiger partial charge in [-0.15, -0.1) is 0 Å². The van der Waals surface area contributed by atoms with Crippen LogP contribution >= 0.6 is 0 Å². The van der Waals surface area contributed by atoms with Crippen molar-refractivity contribution in [2.75, 3.05) is 40.0 Å². The van der Waals surface area contributed by atoms with Crippen molar-refractivity contribution in [3.8, 4) is 5.75 Å². The second-order valence-electron chi connectivity index (χ2n) is 8.85. The number of nitrogens with zero attached hydrogens (tertiary/aromatic N) is 1. The number of aliphatic hydroxyl groups is 1. The molecule has 190 valence electrons. The van der Waals surface area contributed by atoms with Crippen LogP contribution in [0, 0.1) is 11.3 Å². The highest BCUT2D eigenvalue weighted by atomic mass is 32.2. The van der Waals surface area contributed by atoms with Crippen LogP contribution in [-0.4, -0.2) is 70.1 Å². The molecule has 2 rings (SSSR count). The Morgan fingerprint density at radius 1 is 1.26 bits per heavy atom. The van der Waals surface area contributed by atoms with Crippen LogP contribution in [-0.2, 0) is 29.0 Å². The minimum Gasteiger partial charge on any atom is -0.497 e. The van der Waals surface area contributed by atoms with E-state index >= 15 is 0 Å². The second-order valence-corrected chi connectivity index (χ2v) is 10.8. The molecule has 1 N–H and O–H groups in total. The third-order valence-corrected chi connectivity index (χ3v) is 7.31. The molecule has 1 aliphatic rings. The van der Waals surface area contributed by atoms with Crippen LogP contribution in [0.25, 0.3) is 0 Å². The minimum absolute atomic E-state index is 0.00503. The van der Waals surface area contributed by atoms with Gasteiger partial charge < -0.3 is 24.1 Å². The first kappa shape index (κ1) is 27.8. The lowest BCUT2D eigenvalue weighted by atomic mass is 9.77. The largest absolute Gasteiger partial charge is 0.497 e. The van der Waals surface area contributed by atoms with E-state index in [0.717, 1.165) is 4.31 Å². The maximum absolute atomic E-state index is 13.0. The average Bonchev–Trinajstić information content (AvgIpc) is 2.81. The Hall–Kier alpha value is -2.40. The molecule has 0 aromatic heterocycles. The molecule has 0 saturated carbocycles. The van der Waals surface area contributed by atoms with E-state index in [1.807, 2.05) is 20.8 Å². The molecule has 0 fully saturated rings. The molecular weight excluding hydrogens is 462 g/mol. The number of methoxy groups -OCH3 is 1. The fraction of sp³-hybridized carbons (Fsp3) is 0.542. The van der Waals surface area contributed by atoms with Crippen LogP contribution in [0.5, 0.6) is 5.75 Å². The van der Waals surface area contributed by atoms with Gasteiger partial charge in [-0.2, -0.15) is 4.31 Å². The van der Waals surface area contributed by atoms with Crippen molar-refractivity contribution >= 4 is 16.0 Å². The Kier molecular flexibility index (Phi) is 10.1. The number of sulfonamides is 1. The van der Waals surface area contributed by atoms with Crippen molar-refractivity contribution in [3.05, 3.63) is 48.8 Å². The summed E-state index contributed by atoms with van der Waals surface area (Å²) < 4.78 is 48.9. The summed E-state index contributed by atoms with van der Waals surface area (Å²) in [4.78, 5) is 12.4. The molecule has 2 atom stereocenters. The molecule has 1 aromatic carbocycles. The third kappa shape index (κ3) is 7.56. The molecule has 1 aliphatic heterocycles. The number of ether oxygens (including phenoxy) is 4. The fourth-order valence-electron chi connectivity index (χ4n) is 3.36. The maximum atomic E-state index is 13.0. The first-order chi connectivity index (χ1) is 16.0. The Labute approximate surface area is 202 Å². The summed E-state index contributed by atoms with van der Waals surface area (Å²) in [5, 5.41) is 9.41. The number of hydrogen-bond acceptors (Lipinski definition) is 8. The van der Waals surface area contributed by atoms with Gasteiger partial charge in [0.1, 0.15) is 12.4 Å². The number of allylic oxidation sites excluding steroid dienone is 1. The number of rotatable bonds is 12. The van der Waals surface area contributed by atoms with Crippen molar-refractivity contribution in [1.29, 1.82) is 0 Å². The van der Waals surface area contributed by atoms with Crippen LogP contribution in [0.2, 0.25) is 0 Å². The highest BCUT2D eigenvalue weighted by Gasteiger charge is 2.35. The molecule has 0 saturated heterocycles. The predicted molar refractivity (Wildman–Crippen MR) is 126 cm³/mol. The van der Waals surface area contributed by atoms with Gasteiger partial charge in [-0.05, 0) is 41.7 Å². The molecule has 0 unspecified atom stereocenters. The monoisotopic (exact) mass is 497 g/mol. The number of carbonyl (C=O) groups is 1. The summed E-state index contributed by atoms with van der Waals surface area (Å²) in [6, 6.07) is 6.01. The van der Waals surface area contributed by atoms with Gasteiger partial charge in [-0.25, -0.2) is 13.2 Å². The second kappa shape index (κ2) is 12.3. The maximum Gasteiger partial charge on any atom is 0.373 e. The van der Waals surface area contributed by atoms with Crippen molar-refractivity contribution in [3.63, 3.8) is 0 Å². The van der Waals surface area contributed by atoms with E-state index in [9.17, 15) is 18.3 Å². The molecule has 0 spiro atoms. The van der Waals surface area contributed by atoms with Crippen LogP contribution in [0.1, 0.15) is 27.2 Å². The average molecular weight is 498 g/mol. The third-order valence-electron chi connectivity index (χ3n) is 5.39. The standard InChI is InChI=1S/C24H35NO8S/c1-6-14-32-23(27)21-16-18(24(2,3)4)17-22(33-21)31-15-12-25(11-13-26)34(28,29)20-9-7-19(30-5)8-10-20/h6-10,16,18,22,26H,1,11-15,17H2,2-5H3/t18-,22+/m0/s1. The van der Waals surface area contributed by atoms with E-state index in [-0.39, 0.29) is 54.9 Å². The van der Waals surface area contributed by atoms with Crippen LogP contribution < -0.4 is 4.74 Å². The van der Waals surface area contributed by atoms with Gasteiger partial charge in [0.05, 0.1) is 25.2 Å². The van der Waals surface area contributed by atoms with Crippen LogP contribution in [0.15, 0.2) is 53.7 Å². The number of carbonyl (C=O) groups excluding carboxylic acids is 1. The Morgan fingerprint density at radius 2 is 1.94 bits per heavy atom. The molecule has 1 aromatic rings. The topological polar surface area (TPSA) is 112 Å². The Morgan fingerprint density at radius 3 is 2.50 bits per heavy atom. The lowest BCUT2D eigenvalue weighted by Crippen LogP contribution is -2.38. The lowest BCUT2D eigenvalue weighted by Gasteiger charge is -2.35. The van der Waals surface area contributed by atoms with E-state index in [4.69, 9.17) is 18.9 Å². The first-order valence-corrected chi connectivity index (χ1v) is 12.5. The zero-order chi connectivity index (χ0) is 25.4. The summed E-state index contributed by atoms with van der Waals surface area (Å²) >= 11 is 0. The number of benzene rings is 1. The van der Waals surface area contributed by atoms with Crippen molar-refractivity contribution in [2.24, 2.45) is 11.3 Å². The summed E-state index contributed by atoms with van der Waals surface area (Å²) in [6.45, 7) is 9.30. The van der Waals surface area contributed by atoms with Gasteiger partial charge in [-0.3, -0.25) is 0 Å². The molecule has 0 radical (unpaired) electrons. The first-order valence-electron chi connectivity index (χ1n) is 11.1. The van der Waals surface area contributed by atoms with E-state index in [1.165, 1.54) is 25.3 Å². The zero-order valence-corrected chi connectivity index (χ0v) is 21.0. The molecule has 10 heteroatoms. The smallest absolute Gasteiger partial charge is 0.373 e.